The van der Waals surface area contributed by atoms with Crippen molar-refractivity contribution >= 4 is 16.7 Å². The molecule has 0 bridgehead atoms. The van der Waals surface area contributed by atoms with E-state index in [1.54, 1.807) is 18.2 Å². The number of carbonyl (C=O) groups is 1. The number of carbonyl (C=O) groups excluding carboxylic acids is 1. The lowest BCUT2D eigenvalue weighted by Gasteiger charge is -2.21. The van der Waals surface area contributed by atoms with Gasteiger partial charge in [-0.05, 0) is 61.7 Å². The van der Waals surface area contributed by atoms with Crippen LogP contribution in [0.3, 0.4) is 0 Å². The average Bonchev–Trinajstić information content (AvgIpc) is 2.35. The standard InChI is InChI=1S/C17H20O3/c1-5-13-14(16(19)20-17(2,3)4)9-7-11-6-8-12(18)10-15(11)13/h6-10,18H,5H2,1-4H3. The van der Waals surface area contributed by atoms with Crippen LogP contribution in [0, 0.1) is 0 Å². The van der Waals surface area contributed by atoms with Crippen molar-refractivity contribution < 1.29 is 14.6 Å². The molecule has 0 aliphatic heterocycles. The molecule has 1 N–H and O–H groups in total. The van der Waals surface area contributed by atoms with E-state index in [0.717, 1.165) is 16.3 Å². The highest BCUT2D eigenvalue weighted by Crippen LogP contribution is 2.28. The Hall–Kier alpha value is -2.03. The van der Waals surface area contributed by atoms with Crippen LogP contribution in [0.2, 0.25) is 0 Å². The highest BCUT2D eigenvalue weighted by molar-refractivity contribution is 5.99. The SMILES string of the molecule is CCc1c(C(=O)OC(C)(C)C)ccc2ccc(O)cc12. The van der Waals surface area contributed by atoms with E-state index in [2.05, 4.69) is 0 Å². The molecule has 2 rings (SSSR count). The van der Waals surface area contributed by atoms with Crippen LogP contribution in [0.15, 0.2) is 30.3 Å². The Morgan fingerprint density at radius 1 is 1.20 bits per heavy atom. The van der Waals surface area contributed by atoms with Crippen LogP contribution in [0.1, 0.15) is 43.6 Å². The van der Waals surface area contributed by atoms with Gasteiger partial charge < -0.3 is 9.84 Å². The predicted molar refractivity (Wildman–Crippen MR) is 80.2 cm³/mol. The molecule has 0 aliphatic carbocycles. The lowest BCUT2D eigenvalue weighted by atomic mass is 9.96. The van der Waals surface area contributed by atoms with Crippen molar-refractivity contribution in [2.45, 2.75) is 39.7 Å². The maximum Gasteiger partial charge on any atom is 0.338 e. The largest absolute Gasteiger partial charge is 0.508 e. The first kappa shape index (κ1) is 14.4. The van der Waals surface area contributed by atoms with Crippen LogP contribution in [0.5, 0.6) is 5.75 Å². The van der Waals surface area contributed by atoms with E-state index < -0.39 is 5.60 Å². The van der Waals surface area contributed by atoms with Crippen LogP contribution >= 0.6 is 0 Å². The van der Waals surface area contributed by atoms with Gasteiger partial charge in [0.25, 0.3) is 0 Å². The van der Waals surface area contributed by atoms with Gasteiger partial charge in [0.2, 0.25) is 0 Å². The highest BCUT2D eigenvalue weighted by atomic mass is 16.6. The molecule has 0 amide bonds. The van der Waals surface area contributed by atoms with Crippen molar-refractivity contribution in [3.63, 3.8) is 0 Å². The van der Waals surface area contributed by atoms with Gasteiger partial charge in [0.1, 0.15) is 11.4 Å². The van der Waals surface area contributed by atoms with E-state index in [4.69, 9.17) is 4.74 Å². The van der Waals surface area contributed by atoms with Crippen LogP contribution in [0.4, 0.5) is 0 Å². The summed E-state index contributed by atoms with van der Waals surface area (Å²) in [5.41, 5.74) is 0.962. The van der Waals surface area contributed by atoms with E-state index >= 15 is 0 Å². The molecule has 0 heterocycles. The number of benzene rings is 2. The fourth-order valence-electron chi connectivity index (χ4n) is 2.27. The molecule has 0 aliphatic rings. The van der Waals surface area contributed by atoms with Gasteiger partial charge in [0.15, 0.2) is 0 Å². The molecule has 0 fully saturated rings. The predicted octanol–water partition coefficient (Wildman–Crippen LogP) is 4.06. The summed E-state index contributed by atoms with van der Waals surface area (Å²) in [6.45, 7) is 7.54. The summed E-state index contributed by atoms with van der Waals surface area (Å²) in [5.74, 6) is -0.117. The van der Waals surface area contributed by atoms with E-state index in [9.17, 15) is 9.90 Å². The maximum absolute atomic E-state index is 12.3. The summed E-state index contributed by atoms with van der Waals surface area (Å²) in [4.78, 5) is 12.3. The molecule has 2 aromatic rings. The molecule has 0 unspecified atom stereocenters. The fraction of sp³-hybridized carbons (Fsp3) is 0.353. The Kier molecular flexibility index (Phi) is 3.71. The van der Waals surface area contributed by atoms with E-state index in [1.165, 1.54) is 0 Å². The lowest BCUT2D eigenvalue weighted by Crippen LogP contribution is -2.24. The molecule has 2 aromatic carbocycles. The Labute approximate surface area is 119 Å². The molecule has 0 aromatic heterocycles. The quantitative estimate of drug-likeness (QED) is 0.838. The highest BCUT2D eigenvalue weighted by Gasteiger charge is 2.21. The van der Waals surface area contributed by atoms with Gasteiger partial charge >= 0.3 is 5.97 Å². The topological polar surface area (TPSA) is 46.5 Å². The first-order chi connectivity index (χ1) is 9.31. The number of phenolic OH excluding ortho intramolecular Hbond substituents is 1. The van der Waals surface area contributed by atoms with Crippen molar-refractivity contribution in [3.8, 4) is 5.75 Å². The minimum absolute atomic E-state index is 0.202. The van der Waals surface area contributed by atoms with Gasteiger partial charge in [-0.3, -0.25) is 0 Å². The van der Waals surface area contributed by atoms with Crippen molar-refractivity contribution in [1.29, 1.82) is 0 Å². The van der Waals surface area contributed by atoms with Crippen LogP contribution in [-0.4, -0.2) is 16.7 Å². The number of aryl methyl sites for hydroxylation is 1. The summed E-state index contributed by atoms with van der Waals surface area (Å²) < 4.78 is 5.44. The lowest BCUT2D eigenvalue weighted by molar-refractivity contribution is 0.00686. The first-order valence-corrected chi connectivity index (χ1v) is 6.80. The summed E-state index contributed by atoms with van der Waals surface area (Å²) in [7, 11) is 0. The zero-order chi connectivity index (χ0) is 14.9. The maximum atomic E-state index is 12.3. The average molecular weight is 272 g/mol. The third-order valence-corrected chi connectivity index (χ3v) is 3.09. The van der Waals surface area contributed by atoms with Crippen molar-refractivity contribution in [2.75, 3.05) is 0 Å². The number of esters is 1. The van der Waals surface area contributed by atoms with E-state index in [1.807, 2.05) is 39.8 Å². The Morgan fingerprint density at radius 3 is 2.45 bits per heavy atom. The number of aromatic hydroxyl groups is 1. The van der Waals surface area contributed by atoms with Crippen molar-refractivity contribution in [2.24, 2.45) is 0 Å². The summed E-state index contributed by atoms with van der Waals surface area (Å²) in [6.07, 6.45) is 0.704. The third-order valence-electron chi connectivity index (χ3n) is 3.09. The van der Waals surface area contributed by atoms with E-state index in [0.29, 0.717) is 12.0 Å². The molecule has 3 heteroatoms. The third kappa shape index (κ3) is 2.93. The monoisotopic (exact) mass is 272 g/mol. The molecule has 3 nitrogen and oxygen atoms in total. The minimum atomic E-state index is -0.518. The van der Waals surface area contributed by atoms with Crippen LogP contribution in [-0.2, 0) is 11.2 Å². The van der Waals surface area contributed by atoms with E-state index in [-0.39, 0.29) is 11.7 Å². The fourth-order valence-corrected chi connectivity index (χ4v) is 2.27. The summed E-state index contributed by atoms with van der Waals surface area (Å²) >= 11 is 0. The molecular weight excluding hydrogens is 252 g/mol. The second kappa shape index (κ2) is 5.16. The Bertz CT molecular complexity index is 651. The minimum Gasteiger partial charge on any atom is -0.508 e. The van der Waals surface area contributed by atoms with Gasteiger partial charge in [-0.2, -0.15) is 0 Å². The number of fused-ring (bicyclic) bond motifs is 1. The normalized spacial score (nSPS) is 11.6. The molecule has 0 saturated heterocycles. The van der Waals surface area contributed by atoms with Gasteiger partial charge in [-0.15, -0.1) is 0 Å². The number of hydrogen-bond donors (Lipinski definition) is 1. The van der Waals surface area contributed by atoms with Gasteiger partial charge in [-0.25, -0.2) is 4.79 Å². The van der Waals surface area contributed by atoms with Crippen LogP contribution < -0.4 is 0 Å². The summed E-state index contributed by atoms with van der Waals surface area (Å²) in [6, 6.07) is 8.87. The van der Waals surface area contributed by atoms with Crippen molar-refractivity contribution in [3.05, 3.63) is 41.5 Å². The molecule has 0 radical (unpaired) electrons. The molecule has 0 saturated carbocycles. The number of hydrogen-bond acceptors (Lipinski definition) is 3. The molecule has 0 spiro atoms. The Morgan fingerprint density at radius 2 is 1.85 bits per heavy atom. The first-order valence-electron chi connectivity index (χ1n) is 6.80. The second-order valence-electron chi connectivity index (χ2n) is 5.85. The number of ether oxygens (including phenoxy) is 1. The smallest absolute Gasteiger partial charge is 0.338 e. The number of rotatable bonds is 2. The molecule has 0 atom stereocenters. The molecule has 20 heavy (non-hydrogen) atoms. The number of phenols is 1. The van der Waals surface area contributed by atoms with Crippen LogP contribution in [0.25, 0.3) is 10.8 Å². The van der Waals surface area contributed by atoms with Crippen molar-refractivity contribution in [1.82, 2.24) is 0 Å². The molecule has 106 valence electrons. The van der Waals surface area contributed by atoms with Gasteiger partial charge in [0.05, 0.1) is 5.56 Å². The zero-order valence-electron chi connectivity index (χ0n) is 12.4. The second-order valence-corrected chi connectivity index (χ2v) is 5.85. The molecular formula is C17H20O3. The van der Waals surface area contributed by atoms with Gasteiger partial charge in [-0.1, -0.05) is 19.1 Å². The zero-order valence-corrected chi connectivity index (χ0v) is 12.4. The summed E-state index contributed by atoms with van der Waals surface area (Å²) in [5, 5.41) is 11.6. The van der Waals surface area contributed by atoms with Gasteiger partial charge in [0, 0.05) is 0 Å². The Balaban J connectivity index is 2.56.